The Labute approximate surface area is 186 Å². The van der Waals surface area contributed by atoms with Crippen molar-refractivity contribution < 1.29 is 102 Å². The standard InChI is InChI=1S/6Fe.5Ge. The molecule has 11 heteroatoms. The van der Waals surface area contributed by atoms with Crippen molar-refractivity contribution in [3.05, 3.63) is 0 Å². The summed E-state index contributed by atoms with van der Waals surface area (Å²) < 4.78 is 0. The molecular weight excluding hydrogens is 698 g/mol. The maximum absolute atomic E-state index is 0. The maximum atomic E-state index is 0. The molecule has 0 unspecified atom stereocenters. The normalized spacial score (nSPS) is 0. The Balaban J connectivity index is 0. The molecule has 0 aromatic heterocycles. The van der Waals surface area contributed by atoms with E-state index in [1.807, 2.05) is 0 Å². The first-order valence-electron chi connectivity index (χ1n) is 0. The topological polar surface area (TPSA) is 0 Å². The van der Waals surface area contributed by atoms with Gasteiger partial charge in [0.25, 0.3) is 0 Å². The molecule has 0 N–H and O–H groups in total. The Morgan fingerprint density at radius 3 is 0.182 bits per heavy atom. The van der Waals surface area contributed by atoms with Crippen LogP contribution in [0.15, 0.2) is 0 Å². The second-order valence-electron chi connectivity index (χ2n) is 0. The van der Waals surface area contributed by atoms with Crippen LogP contribution in [0.2, 0.25) is 0 Å². The van der Waals surface area contributed by atoms with Gasteiger partial charge < -0.3 is 0 Å². The molecular formula is Fe6Ge5. The number of hydrogen-bond donors (Lipinski definition) is 0. The van der Waals surface area contributed by atoms with Gasteiger partial charge in [-0.05, 0) is 0 Å². The molecule has 0 aromatic rings. The Bertz CT molecular complexity index is 10.9. The fourth-order valence-corrected chi connectivity index (χ4v) is 0. The molecule has 0 heterocycles. The zero-order valence-corrected chi connectivity index (χ0v) is 21.7. The summed E-state index contributed by atoms with van der Waals surface area (Å²) in [4.78, 5) is 0. The molecule has 0 aliphatic heterocycles. The van der Waals surface area contributed by atoms with Crippen LogP contribution in [0.3, 0.4) is 0 Å². The van der Waals surface area contributed by atoms with E-state index in [0.717, 1.165) is 0 Å². The van der Waals surface area contributed by atoms with Gasteiger partial charge in [-0.15, -0.1) is 0 Å². The predicted octanol–water partition coefficient (Wildman–Crippen LogP) is -1.92. The molecule has 0 nitrogen and oxygen atoms in total. The molecule has 0 atom stereocenters. The minimum atomic E-state index is 0. The van der Waals surface area contributed by atoms with E-state index in [1.54, 1.807) is 0 Å². The Morgan fingerprint density at radius 2 is 0.182 bits per heavy atom. The van der Waals surface area contributed by atoms with Gasteiger partial charge in [-0.2, -0.15) is 0 Å². The minimum absolute atomic E-state index is 0. The molecule has 0 aliphatic carbocycles. The number of hydrogen-bond acceptors (Lipinski definition) is 0. The van der Waals surface area contributed by atoms with Crippen molar-refractivity contribution in [3.8, 4) is 0 Å². The van der Waals surface area contributed by atoms with Gasteiger partial charge in [0.05, 0.1) is 0 Å². The fraction of sp³-hybridized carbons (Fsp3) is 0. The Morgan fingerprint density at radius 1 is 0.182 bits per heavy atom. The van der Waals surface area contributed by atoms with E-state index in [-0.39, 0.29) is 190 Å². The molecule has 68 valence electrons. The van der Waals surface area contributed by atoms with Crippen LogP contribution in [-0.4, -0.2) is 88.0 Å². The van der Waals surface area contributed by atoms with Crippen molar-refractivity contribution in [2.24, 2.45) is 0 Å². The zero-order valence-electron chi connectivity index (χ0n) is 4.62. The number of rotatable bonds is 0. The van der Waals surface area contributed by atoms with Crippen LogP contribution >= 0.6 is 0 Å². The van der Waals surface area contributed by atoms with E-state index in [2.05, 4.69) is 0 Å². The van der Waals surface area contributed by atoms with Crippen LogP contribution < -0.4 is 0 Å². The Kier molecular flexibility index (Phi) is 1160. The minimum Gasteiger partial charge on any atom is 0 e. The second kappa shape index (κ2) is 102. The van der Waals surface area contributed by atoms with E-state index in [0.29, 0.717) is 0 Å². The summed E-state index contributed by atoms with van der Waals surface area (Å²) in [5.74, 6) is 0. The SMILES string of the molecule is [Fe].[Fe].[Fe].[Fe].[Fe].[Fe].[Ge].[Ge].[Ge].[Ge].[Ge]. The predicted molar refractivity (Wildman–Crippen MR) is 28.8 cm³/mol. The van der Waals surface area contributed by atoms with Gasteiger partial charge in [0.1, 0.15) is 0 Å². The molecule has 0 spiro atoms. The molecule has 0 fully saturated rings. The maximum Gasteiger partial charge on any atom is 0 e. The summed E-state index contributed by atoms with van der Waals surface area (Å²) in [6, 6.07) is 0. The largest absolute Gasteiger partial charge is 0 e. The van der Waals surface area contributed by atoms with Crippen LogP contribution in [0.25, 0.3) is 0 Å². The van der Waals surface area contributed by atoms with Gasteiger partial charge >= 0.3 is 0 Å². The first kappa shape index (κ1) is 124. The average Bonchev–Trinajstić information content (AvgIpc) is 0. The van der Waals surface area contributed by atoms with Crippen molar-refractivity contribution in [2.75, 3.05) is 0 Å². The van der Waals surface area contributed by atoms with Gasteiger partial charge in [0.15, 0.2) is 0 Å². The van der Waals surface area contributed by atoms with Gasteiger partial charge in [-0.25, -0.2) is 0 Å². The summed E-state index contributed by atoms with van der Waals surface area (Å²) in [7, 11) is 0. The van der Waals surface area contributed by atoms with E-state index in [9.17, 15) is 0 Å². The molecule has 20 radical (unpaired) electrons. The monoisotopic (exact) mass is 705 g/mol. The first-order valence-corrected chi connectivity index (χ1v) is 0. The van der Waals surface area contributed by atoms with Crippen LogP contribution in [0.4, 0.5) is 0 Å². The van der Waals surface area contributed by atoms with Gasteiger partial charge in [-0.3, -0.25) is 0 Å². The molecule has 0 amide bonds. The summed E-state index contributed by atoms with van der Waals surface area (Å²) in [6.07, 6.45) is 0. The molecule has 0 aliphatic rings. The molecule has 0 rings (SSSR count). The Hall–Kier alpha value is 5.83. The van der Waals surface area contributed by atoms with Crippen LogP contribution in [-0.2, 0) is 102 Å². The average molecular weight is 698 g/mol. The summed E-state index contributed by atoms with van der Waals surface area (Å²) in [6.45, 7) is 0. The summed E-state index contributed by atoms with van der Waals surface area (Å²) in [5.41, 5.74) is 0. The molecule has 11 heavy (non-hydrogen) atoms. The van der Waals surface area contributed by atoms with Crippen LogP contribution in [0.1, 0.15) is 0 Å². The van der Waals surface area contributed by atoms with Crippen LogP contribution in [0, 0.1) is 0 Å². The van der Waals surface area contributed by atoms with Crippen molar-refractivity contribution in [1.82, 2.24) is 0 Å². The smallest absolute Gasteiger partial charge is 0 e. The summed E-state index contributed by atoms with van der Waals surface area (Å²) >= 11 is 0. The third kappa shape index (κ3) is 89.1. The van der Waals surface area contributed by atoms with E-state index < -0.39 is 0 Å². The second-order valence-corrected chi connectivity index (χ2v) is 0. The van der Waals surface area contributed by atoms with E-state index in [1.165, 1.54) is 0 Å². The van der Waals surface area contributed by atoms with Gasteiger partial charge in [0.2, 0.25) is 0 Å². The fourth-order valence-electron chi connectivity index (χ4n) is 0. The van der Waals surface area contributed by atoms with E-state index >= 15 is 0 Å². The third-order valence-corrected chi connectivity index (χ3v) is 0. The molecule has 0 aromatic carbocycles. The summed E-state index contributed by atoms with van der Waals surface area (Å²) in [5, 5.41) is 0. The zero-order chi connectivity index (χ0) is 0. The van der Waals surface area contributed by atoms with Crippen molar-refractivity contribution in [3.63, 3.8) is 0 Å². The molecule has 0 bridgehead atoms. The molecule has 0 saturated carbocycles. The van der Waals surface area contributed by atoms with Gasteiger partial charge in [-0.1, -0.05) is 0 Å². The molecule has 0 saturated heterocycles. The first-order chi connectivity index (χ1) is 0. The van der Waals surface area contributed by atoms with Crippen molar-refractivity contribution in [2.45, 2.75) is 0 Å². The van der Waals surface area contributed by atoms with Crippen molar-refractivity contribution in [1.29, 1.82) is 0 Å². The van der Waals surface area contributed by atoms with E-state index in [4.69, 9.17) is 0 Å². The third-order valence-electron chi connectivity index (χ3n) is 0. The van der Waals surface area contributed by atoms with Crippen LogP contribution in [0.5, 0.6) is 0 Å². The quantitative estimate of drug-likeness (QED) is 0.260. The van der Waals surface area contributed by atoms with Gasteiger partial charge in [0, 0.05) is 190 Å². The van der Waals surface area contributed by atoms with Crippen molar-refractivity contribution >= 4 is 88.0 Å².